The van der Waals surface area contributed by atoms with Gasteiger partial charge >= 0.3 is 0 Å². The second-order valence-corrected chi connectivity index (χ2v) is 6.17. The number of rotatable bonds is 3. The highest BCUT2D eigenvalue weighted by molar-refractivity contribution is 5.92. The van der Waals surface area contributed by atoms with E-state index in [1.54, 1.807) is 29.3 Å². The quantitative estimate of drug-likeness (QED) is 0.930. The fraction of sp³-hybridized carbons (Fsp3) is 0.389. The summed E-state index contributed by atoms with van der Waals surface area (Å²) in [4.78, 5) is 35.8. The van der Waals surface area contributed by atoms with Crippen LogP contribution in [0.25, 0.3) is 0 Å². The Kier molecular flexibility index (Phi) is 4.64. The molecule has 126 valence electrons. The molecule has 3 heterocycles. The van der Waals surface area contributed by atoms with Crippen molar-refractivity contribution in [3.63, 3.8) is 0 Å². The zero-order valence-electron chi connectivity index (χ0n) is 14.1. The lowest BCUT2D eigenvalue weighted by Gasteiger charge is -2.34. The molecule has 1 aliphatic rings. The van der Waals surface area contributed by atoms with Crippen LogP contribution in [-0.2, 0) is 11.2 Å². The van der Waals surface area contributed by atoms with Crippen LogP contribution >= 0.6 is 0 Å². The van der Waals surface area contributed by atoms with E-state index in [1.165, 1.54) is 0 Å². The lowest BCUT2D eigenvalue weighted by molar-refractivity contribution is -0.131. The highest BCUT2D eigenvalue weighted by Crippen LogP contribution is 2.13. The van der Waals surface area contributed by atoms with Crippen molar-refractivity contribution >= 4 is 11.8 Å². The first-order chi connectivity index (χ1) is 11.5. The van der Waals surface area contributed by atoms with Gasteiger partial charge in [0.05, 0.1) is 6.42 Å². The largest absolute Gasteiger partial charge is 0.362 e. The summed E-state index contributed by atoms with van der Waals surface area (Å²) in [5, 5.41) is 0. The zero-order chi connectivity index (χ0) is 17.1. The Morgan fingerprint density at radius 1 is 1.12 bits per heavy atom. The van der Waals surface area contributed by atoms with Gasteiger partial charge < -0.3 is 14.8 Å². The van der Waals surface area contributed by atoms with Gasteiger partial charge in [0.1, 0.15) is 5.69 Å². The van der Waals surface area contributed by atoms with Crippen molar-refractivity contribution < 1.29 is 9.59 Å². The maximum Gasteiger partial charge on any atom is 0.272 e. The predicted molar refractivity (Wildman–Crippen MR) is 90.7 cm³/mol. The summed E-state index contributed by atoms with van der Waals surface area (Å²) >= 11 is 0. The van der Waals surface area contributed by atoms with Gasteiger partial charge in [0.25, 0.3) is 5.91 Å². The van der Waals surface area contributed by atoms with Crippen LogP contribution in [-0.4, -0.2) is 57.8 Å². The van der Waals surface area contributed by atoms with Crippen LogP contribution in [0.4, 0.5) is 0 Å². The SMILES string of the molecule is Cc1cc(CC(=O)N2CCN(C(=O)c3ccccn3)CC2)c(C)[nH]1. The number of aromatic nitrogens is 2. The lowest BCUT2D eigenvalue weighted by Crippen LogP contribution is -2.51. The summed E-state index contributed by atoms with van der Waals surface area (Å²) in [5.41, 5.74) is 3.62. The molecule has 0 unspecified atom stereocenters. The first-order valence-electron chi connectivity index (χ1n) is 8.18. The van der Waals surface area contributed by atoms with E-state index in [1.807, 2.05) is 24.8 Å². The van der Waals surface area contributed by atoms with Gasteiger partial charge in [-0.15, -0.1) is 0 Å². The molecule has 0 atom stereocenters. The highest BCUT2D eigenvalue weighted by Gasteiger charge is 2.25. The molecule has 6 nitrogen and oxygen atoms in total. The topological polar surface area (TPSA) is 69.3 Å². The molecule has 1 saturated heterocycles. The average molecular weight is 326 g/mol. The molecule has 0 spiro atoms. The Labute approximate surface area is 141 Å². The second kappa shape index (κ2) is 6.86. The first kappa shape index (κ1) is 16.2. The van der Waals surface area contributed by atoms with E-state index in [4.69, 9.17) is 0 Å². The minimum Gasteiger partial charge on any atom is -0.362 e. The number of nitrogens with zero attached hydrogens (tertiary/aromatic N) is 3. The maximum absolute atomic E-state index is 12.5. The van der Waals surface area contributed by atoms with Crippen LogP contribution < -0.4 is 0 Å². The molecule has 1 N–H and O–H groups in total. The summed E-state index contributed by atoms with van der Waals surface area (Å²) in [7, 11) is 0. The highest BCUT2D eigenvalue weighted by atomic mass is 16.2. The number of amides is 2. The summed E-state index contributed by atoms with van der Waals surface area (Å²) in [6, 6.07) is 7.34. The van der Waals surface area contributed by atoms with Gasteiger partial charge in [-0.1, -0.05) is 6.07 Å². The fourth-order valence-corrected chi connectivity index (χ4v) is 3.05. The molecule has 24 heavy (non-hydrogen) atoms. The number of hydrogen-bond acceptors (Lipinski definition) is 3. The Hall–Kier alpha value is -2.63. The van der Waals surface area contributed by atoms with Crippen molar-refractivity contribution in [2.24, 2.45) is 0 Å². The molecule has 1 fully saturated rings. The van der Waals surface area contributed by atoms with Crippen LogP contribution in [0.1, 0.15) is 27.4 Å². The third-order valence-electron chi connectivity index (χ3n) is 4.40. The Balaban J connectivity index is 1.56. The van der Waals surface area contributed by atoms with Crippen molar-refractivity contribution in [2.75, 3.05) is 26.2 Å². The minimum atomic E-state index is -0.0696. The van der Waals surface area contributed by atoms with Gasteiger partial charge in [0.15, 0.2) is 0 Å². The summed E-state index contributed by atoms with van der Waals surface area (Å²) in [6.07, 6.45) is 2.03. The van der Waals surface area contributed by atoms with Gasteiger partial charge in [-0.3, -0.25) is 14.6 Å². The van der Waals surface area contributed by atoms with Gasteiger partial charge in [-0.05, 0) is 37.6 Å². The fourth-order valence-electron chi connectivity index (χ4n) is 3.05. The number of pyridine rings is 1. The molecule has 0 bridgehead atoms. The van der Waals surface area contributed by atoms with Crippen LogP contribution in [0, 0.1) is 13.8 Å². The zero-order valence-corrected chi connectivity index (χ0v) is 14.1. The van der Waals surface area contributed by atoms with E-state index < -0.39 is 0 Å². The third kappa shape index (κ3) is 3.48. The molecular weight excluding hydrogens is 304 g/mol. The monoisotopic (exact) mass is 326 g/mol. The number of H-pyrrole nitrogens is 1. The number of carbonyl (C=O) groups excluding carboxylic acids is 2. The molecule has 0 aliphatic carbocycles. The van der Waals surface area contributed by atoms with E-state index >= 15 is 0 Å². The summed E-state index contributed by atoms with van der Waals surface area (Å²) < 4.78 is 0. The maximum atomic E-state index is 12.5. The average Bonchev–Trinajstić information content (AvgIpc) is 2.92. The summed E-state index contributed by atoms with van der Waals surface area (Å²) in [5.74, 6) is 0.0434. The number of piperazine rings is 1. The Bertz CT molecular complexity index is 731. The standard InChI is InChI=1S/C18H22N4O2/c1-13-11-15(14(2)20-13)12-17(23)21-7-9-22(10-8-21)18(24)16-5-3-4-6-19-16/h3-6,11,20H,7-10,12H2,1-2H3. The van der Waals surface area contributed by atoms with E-state index in [0.717, 1.165) is 17.0 Å². The van der Waals surface area contributed by atoms with Gasteiger partial charge in [-0.25, -0.2) is 0 Å². The molecule has 0 saturated carbocycles. The van der Waals surface area contributed by atoms with Crippen LogP contribution in [0.2, 0.25) is 0 Å². The Morgan fingerprint density at radius 3 is 2.42 bits per heavy atom. The number of hydrogen-bond donors (Lipinski definition) is 1. The van der Waals surface area contributed by atoms with Crippen molar-refractivity contribution in [1.29, 1.82) is 0 Å². The number of aryl methyl sites for hydroxylation is 2. The first-order valence-corrected chi connectivity index (χ1v) is 8.18. The van der Waals surface area contributed by atoms with Crippen LogP contribution in [0.15, 0.2) is 30.5 Å². The molecule has 2 amide bonds. The lowest BCUT2D eigenvalue weighted by atomic mass is 10.1. The van der Waals surface area contributed by atoms with Gasteiger partial charge in [0.2, 0.25) is 5.91 Å². The molecule has 0 aromatic carbocycles. The van der Waals surface area contributed by atoms with Crippen molar-refractivity contribution in [3.05, 3.63) is 53.1 Å². The number of nitrogens with one attached hydrogen (secondary N) is 1. The summed E-state index contributed by atoms with van der Waals surface area (Å²) in [6.45, 7) is 6.21. The molecule has 1 aliphatic heterocycles. The predicted octanol–water partition coefficient (Wildman–Crippen LogP) is 1.55. The van der Waals surface area contributed by atoms with Gasteiger partial charge in [0, 0.05) is 43.8 Å². The molecule has 0 radical (unpaired) electrons. The molecular formula is C18H22N4O2. The van der Waals surface area contributed by atoms with E-state index in [2.05, 4.69) is 9.97 Å². The number of aromatic amines is 1. The molecule has 2 aromatic heterocycles. The van der Waals surface area contributed by atoms with Gasteiger partial charge in [-0.2, -0.15) is 0 Å². The van der Waals surface area contributed by atoms with E-state index in [0.29, 0.717) is 38.3 Å². The van der Waals surface area contributed by atoms with E-state index in [9.17, 15) is 9.59 Å². The molecule has 3 rings (SSSR count). The third-order valence-corrected chi connectivity index (χ3v) is 4.40. The van der Waals surface area contributed by atoms with E-state index in [-0.39, 0.29) is 11.8 Å². The Morgan fingerprint density at radius 2 is 1.83 bits per heavy atom. The second-order valence-electron chi connectivity index (χ2n) is 6.17. The van der Waals surface area contributed by atoms with Crippen molar-refractivity contribution in [1.82, 2.24) is 19.8 Å². The van der Waals surface area contributed by atoms with Crippen molar-refractivity contribution in [3.8, 4) is 0 Å². The van der Waals surface area contributed by atoms with Crippen LogP contribution in [0.3, 0.4) is 0 Å². The normalized spacial score (nSPS) is 14.8. The van der Waals surface area contributed by atoms with Crippen molar-refractivity contribution in [2.45, 2.75) is 20.3 Å². The van der Waals surface area contributed by atoms with Crippen LogP contribution in [0.5, 0.6) is 0 Å². The molecule has 6 heteroatoms. The smallest absolute Gasteiger partial charge is 0.272 e. The molecule has 2 aromatic rings. The minimum absolute atomic E-state index is 0.0696. The number of carbonyl (C=O) groups is 2.